The Morgan fingerprint density at radius 3 is 1.86 bits per heavy atom. The van der Waals surface area contributed by atoms with Gasteiger partial charge in [0, 0.05) is 47.3 Å². The molecule has 0 spiro atoms. The Morgan fingerprint density at radius 2 is 1.05 bits per heavy atom. The van der Waals surface area contributed by atoms with E-state index in [1.54, 1.807) is 11.3 Å². The highest BCUT2D eigenvalue weighted by Gasteiger charge is 2.51. The number of fused-ring (bicyclic) bond motifs is 10. The number of hydrogen-bond acceptors (Lipinski definition) is 6. The SMILES string of the molecule is c1ccc2cc3c(cc2c1)oc1c(-c2nc(-c4ccc5c(c4)sc4ccccc45)nc(-c4cc(-c5ccc(C67CC8CC(CC(C8)C6)C7)cc5)cc5c4oc4ccccc45)n2)cccc13. The van der Waals surface area contributed by atoms with Crippen molar-refractivity contribution in [2.75, 3.05) is 0 Å². The normalized spacial score (nSPS) is 20.5. The highest BCUT2D eigenvalue weighted by Crippen LogP contribution is 2.61. The molecule has 0 N–H and O–H groups in total. The van der Waals surface area contributed by atoms with E-state index in [-0.39, 0.29) is 0 Å². The second kappa shape index (κ2) is 13.4. The van der Waals surface area contributed by atoms with Crippen molar-refractivity contribution < 1.29 is 8.83 Å². The summed E-state index contributed by atoms with van der Waals surface area (Å²) in [5, 5.41) is 9.00. The van der Waals surface area contributed by atoms with Gasteiger partial charge < -0.3 is 8.83 Å². The zero-order valence-electron chi connectivity index (χ0n) is 35.6. The van der Waals surface area contributed by atoms with Crippen molar-refractivity contribution in [3.63, 3.8) is 0 Å². The molecule has 310 valence electrons. The van der Waals surface area contributed by atoms with Crippen LogP contribution in [0.3, 0.4) is 0 Å². The molecule has 4 aromatic heterocycles. The van der Waals surface area contributed by atoms with E-state index in [1.807, 2.05) is 6.07 Å². The van der Waals surface area contributed by atoms with Crippen LogP contribution in [0.5, 0.6) is 0 Å². The van der Waals surface area contributed by atoms with Crippen LogP contribution in [0, 0.1) is 17.8 Å². The molecule has 0 saturated heterocycles. The molecule has 16 rings (SSSR count). The minimum Gasteiger partial charge on any atom is -0.455 e. The first-order valence-electron chi connectivity index (χ1n) is 23.1. The molecule has 65 heavy (non-hydrogen) atoms. The van der Waals surface area contributed by atoms with Gasteiger partial charge in [0.15, 0.2) is 17.5 Å². The number of hydrogen-bond donors (Lipinski definition) is 0. The third kappa shape index (κ3) is 5.53. The molecular weight excluding hydrogens is 815 g/mol. The monoisotopic (exact) mass is 855 g/mol. The zero-order chi connectivity index (χ0) is 42.4. The third-order valence-electron chi connectivity index (χ3n) is 15.5. The van der Waals surface area contributed by atoms with Crippen molar-refractivity contribution in [3.05, 3.63) is 163 Å². The quantitative estimate of drug-likeness (QED) is 0.173. The average molecular weight is 856 g/mol. The Hall–Kier alpha value is -7.15. The number of para-hydroxylation sites is 2. The number of benzene rings is 8. The number of aromatic nitrogens is 3. The minimum absolute atomic E-state index is 0.343. The standard InChI is InChI=1S/C59H41N3O2S/c1-2-9-38-28-51-47(25-37(38)8-1)45-12-7-13-46(54(45)64-51)57-60-56(39-18-21-44-43-11-4-6-15-52(43)65-53(44)29-39)61-58(62-57)49-27-40(26-48-42-10-3-5-14-50(42)63-55(48)49)36-16-19-41(20-17-36)59-30-33-22-34(31-59)24-35(23-33)32-59/h1-21,25-29,33-35H,22-24,30-32H2. The summed E-state index contributed by atoms with van der Waals surface area (Å²) in [6.07, 6.45) is 8.41. The topological polar surface area (TPSA) is 65.0 Å². The first kappa shape index (κ1) is 36.2. The van der Waals surface area contributed by atoms with Gasteiger partial charge in [0.05, 0.1) is 11.1 Å². The molecule has 4 fully saturated rings. The van der Waals surface area contributed by atoms with E-state index in [1.165, 1.54) is 75.2 Å². The molecule has 4 bridgehead atoms. The van der Waals surface area contributed by atoms with Gasteiger partial charge in [0.25, 0.3) is 0 Å². The number of nitrogens with zero attached hydrogens (tertiary/aromatic N) is 3. The van der Waals surface area contributed by atoms with Crippen molar-refractivity contribution in [2.45, 2.75) is 43.9 Å². The summed E-state index contributed by atoms with van der Waals surface area (Å²) in [6, 6.07) is 56.7. The summed E-state index contributed by atoms with van der Waals surface area (Å²) in [6.45, 7) is 0. The fourth-order valence-electron chi connectivity index (χ4n) is 12.9. The van der Waals surface area contributed by atoms with Gasteiger partial charge in [-0.15, -0.1) is 11.3 Å². The van der Waals surface area contributed by atoms with E-state index in [2.05, 4.69) is 152 Å². The lowest BCUT2D eigenvalue weighted by Gasteiger charge is -2.57. The summed E-state index contributed by atoms with van der Waals surface area (Å²) < 4.78 is 16.0. The Bertz CT molecular complexity index is 3910. The number of furan rings is 2. The first-order valence-corrected chi connectivity index (χ1v) is 24.0. The van der Waals surface area contributed by atoms with E-state index in [0.29, 0.717) is 22.9 Å². The summed E-state index contributed by atoms with van der Waals surface area (Å²) in [5.41, 5.74) is 9.91. The molecule has 0 radical (unpaired) electrons. The number of thiophene rings is 1. The van der Waals surface area contributed by atoms with Crippen molar-refractivity contribution in [1.29, 1.82) is 0 Å². The number of rotatable bonds is 5. The van der Waals surface area contributed by atoms with E-state index in [4.69, 9.17) is 23.8 Å². The second-order valence-corrected chi connectivity index (χ2v) is 20.5. The van der Waals surface area contributed by atoms with Crippen molar-refractivity contribution >= 4 is 86.2 Å². The lowest BCUT2D eigenvalue weighted by atomic mass is 9.48. The Morgan fingerprint density at radius 1 is 0.415 bits per heavy atom. The van der Waals surface area contributed by atoms with Crippen LogP contribution in [-0.2, 0) is 5.41 Å². The largest absolute Gasteiger partial charge is 0.455 e. The predicted molar refractivity (Wildman–Crippen MR) is 266 cm³/mol. The molecule has 6 heteroatoms. The van der Waals surface area contributed by atoms with Gasteiger partial charge in [-0.2, -0.15) is 0 Å². The molecule has 0 atom stereocenters. The minimum atomic E-state index is 0.343. The summed E-state index contributed by atoms with van der Waals surface area (Å²) in [4.78, 5) is 16.1. The summed E-state index contributed by atoms with van der Waals surface area (Å²) in [5.74, 6) is 4.41. The second-order valence-electron chi connectivity index (χ2n) is 19.4. The Labute approximate surface area is 378 Å². The van der Waals surface area contributed by atoms with Crippen LogP contribution < -0.4 is 0 Å². The Kier molecular flexibility index (Phi) is 7.49. The van der Waals surface area contributed by atoms with Crippen LogP contribution in [0.25, 0.3) is 120 Å². The molecule has 4 saturated carbocycles. The third-order valence-corrected chi connectivity index (χ3v) is 16.6. The lowest BCUT2D eigenvalue weighted by Crippen LogP contribution is -2.48. The van der Waals surface area contributed by atoms with Crippen LogP contribution in [0.4, 0.5) is 0 Å². The molecule has 0 unspecified atom stereocenters. The van der Waals surface area contributed by atoms with Crippen LogP contribution >= 0.6 is 11.3 Å². The molecule has 8 aromatic carbocycles. The van der Waals surface area contributed by atoms with Crippen LogP contribution in [0.15, 0.2) is 167 Å². The van der Waals surface area contributed by atoms with Crippen LogP contribution in [0.2, 0.25) is 0 Å². The van der Waals surface area contributed by atoms with Gasteiger partial charge in [-0.25, -0.2) is 15.0 Å². The first-order chi connectivity index (χ1) is 32.1. The predicted octanol–water partition coefficient (Wildman–Crippen LogP) is 16.3. The maximum absolute atomic E-state index is 6.80. The highest BCUT2D eigenvalue weighted by molar-refractivity contribution is 7.25. The maximum Gasteiger partial charge on any atom is 0.167 e. The molecule has 4 aliphatic rings. The van der Waals surface area contributed by atoms with Gasteiger partial charge in [-0.05, 0) is 138 Å². The van der Waals surface area contributed by atoms with Gasteiger partial charge in [-0.3, -0.25) is 0 Å². The molecule has 12 aromatic rings. The molecule has 0 aliphatic heterocycles. The fourth-order valence-corrected chi connectivity index (χ4v) is 14.1. The van der Waals surface area contributed by atoms with Crippen LogP contribution in [0.1, 0.15) is 44.1 Å². The van der Waals surface area contributed by atoms with E-state index in [0.717, 1.165) is 89.3 Å². The van der Waals surface area contributed by atoms with E-state index >= 15 is 0 Å². The highest BCUT2D eigenvalue weighted by atomic mass is 32.1. The molecule has 4 heterocycles. The molecule has 4 aliphatic carbocycles. The van der Waals surface area contributed by atoms with Crippen molar-refractivity contribution in [3.8, 4) is 45.3 Å². The van der Waals surface area contributed by atoms with Gasteiger partial charge in [0.1, 0.15) is 22.3 Å². The van der Waals surface area contributed by atoms with Crippen molar-refractivity contribution in [1.82, 2.24) is 15.0 Å². The molecular formula is C59H41N3O2S. The molecule has 5 nitrogen and oxygen atoms in total. The van der Waals surface area contributed by atoms with E-state index in [9.17, 15) is 0 Å². The maximum atomic E-state index is 6.80. The van der Waals surface area contributed by atoms with Crippen molar-refractivity contribution in [2.24, 2.45) is 17.8 Å². The van der Waals surface area contributed by atoms with Gasteiger partial charge in [0.2, 0.25) is 0 Å². The van der Waals surface area contributed by atoms with Crippen LogP contribution in [-0.4, -0.2) is 15.0 Å². The lowest BCUT2D eigenvalue weighted by molar-refractivity contribution is -0.00518. The smallest absolute Gasteiger partial charge is 0.167 e. The van der Waals surface area contributed by atoms with Gasteiger partial charge >= 0.3 is 0 Å². The fraction of sp³-hybridized carbons (Fsp3) is 0.169. The average Bonchev–Trinajstić information content (AvgIpc) is 4.03. The zero-order valence-corrected chi connectivity index (χ0v) is 36.4. The van der Waals surface area contributed by atoms with E-state index < -0.39 is 0 Å². The van der Waals surface area contributed by atoms with Gasteiger partial charge in [-0.1, -0.05) is 109 Å². The molecule has 0 amide bonds. The summed E-state index contributed by atoms with van der Waals surface area (Å²) in [7, 11) is 0. The Balaban J connectivity index is 0.945. The summed E-state index contributed by atoms with van der Waals surface area (Å²) >= 11 is 1.80.